The van der Waals surface area contributed by atoms with E-state index in [1.54, 1.807) is 11.3 Å². The van der Waals surface area contributed by atoms with E-state index < -0.39 is 9.84 Å². The van der Waals surface area contributed by atoms with Crippen molar-refractivity contribution >= 4 is 31.3 Å². The van der Waals surface area contributed by atoms with Crippen LogP contribution in [0.15, 0.2) is 29.6 Å². The standard InChI is InChI=1S/C13H15NO2S2/c14-13(9-5-6-18(15,16)8-9)11-7-17-12-4-2-1-3-10(11)12/h1-4,7,9,13H,5-6,8,14H2. The summed E-state index contributed by atoms with van der Waals surface area (Å²) in [5.41, 5.74) is 7.37. The molecule has 0 radical (unpaired) electrons. The third kappa shape index (κ3) is 2.06. The highest BCUT2D eigenvalue weighted by Crippen LogP contribution is 2.36. The predicted molar refractivity (Wildman–Crippen MR) is 75.5 cm³/mol. The Bertz CT molecular complexity index is 675. The van der Waals surface area contributed by atoms with Crippen LogP contribution in [0, 0.1) is 5.92 Å². The summed E-state index contributed by atoms with van der Waals surface area (Å²) in [6, 6.07) is 7.97. The number of benzene rings is 1. The van der Waals surface area contributed by atoms with Gasteiger partial charge in [0.15, 0.2) is 9.84 Å². The zero-order valence-corrected chi connectivity index (χ0v) is 11.5. The van der Waals surface area contributed by atoms with Crippen molar-refractivity contribution in [2.45, 2.75) is 12.5 Å². The van der Waals surface area contributed by atoms with E-state index in [-0.39, 0.29) is 23.5 Å². The molecule has 0 spiro atoms. The van der Waals surface area contributed by atoms with Crippen LogP contribution in [0.2, 0.25) is 0 Å². The fraction of sp³-hybridized carbons (Fsp3) is 0.385. The van der Waals surface area contributed by atoms with Crippen LogP contribution in [-0.4, -0.2) is 19.9 Å². The number of rotatable bonds is 2. The summed E-state index contributed by atoms with van der Waals surface area (Å²) in [4.78, 5) is 0. The fourth-order valence-electron chi connectivity index (χ4n) is 2.62. The van der Waals surface area contributed by atoms with Gasteiger partial charge in [-0.1, -0.05) is 18.2 Å². The minimum absolute atomic E-state index is 0.0630. The van der Waals surface area contributed by atoms with E-state index in [0.717, 1.165) is 5.56 Å². The zero-order chi connectivity index (χ0) is 12.8. The van der Waals surface area contributed by atoms with E-state index in [0.29, 0.717) is 6.42 Å². The molecule has 1 aliphatic rings. The highest BCUT2D eigenvalue weighted by atomic mass is 32.2. The van der Waals surface area contributed by atoms with Crippen molar-refractivity contribution in [1.29, 1.82) is 0 Å². The first-order chi connectivity index (χ1) is 8.57. The number of hydrogen-bond acceptors (Lipinski definition) is 4. The van der Waals surface area contributed by atoms with Crippen LogP contribution in [0.4, 0.5) is 0 Å². The lowest BCUT2D eigenvalue weighted by molar-refractivity contribution is 0.483. The summed E-state index contributed by atoms with van der Waals surface area (Å²) in [5.74, 6) is 0.583. The summed E-state index contributed by atoms with van der Waals surface area (Å²) in [7, 11) is -2.86. The molecule has 3 nitrogen and oxygen atoms in total. The fourth-order valence-corrected chi connectivity index (χ4v) is 5.48. The van der Waals surface area contributed by atoms with Crippen molar-refractivity contribution in [2.24, 2.45) is 11.7 Å². The van der Waals surface area contributed by atoms with E-state index in [2.05, 4.69) is 17.5 Å². The Hall–Kier alpha value is -0.910. The SMILES string of the molecule is NC(c1csc2ccccc12)C1CCS(=O)(=O)C1. The average molecular weight is 281 g/mol. The molecule has 5 heteroatoms. The van der Waals surface area contributed by atoms with Gasteiger partial charge in [0, 0.05) is 10.7 Å². The molecule has 2 atom stereocenters. The van der Waals surface area contributed by atoms with Crippen LogP contribution in [0.3, 0.4) is 0 Å². The summed E-state index contributed by atoms with van der Waals surface area (Å²) in [5, 5.41) is 3.24. The van der Waals surface area contributed by atoms with Gasteiger partial charge in [-0.15, -0.1) is 11.3 Å². The lowest BCUT2D eigenvalue weighted by Crippen LogP contribution is -2.22. The molecule has 0 aliphatic carbocycles. The summed E-state index contributed by atoms with van der Waals surface area (Å²) < 4.78 is 24.3. The number of thiophene rings is 1. The van der Waals surface area contributed by atoms with Crippen molar-refractivity contribution in [1.82, 2.24) is 0 Å². The molecule has 1 saturated heterocycles. The van der Waals surface area contributed by atoms with Crippen LogP contribution in [-0.2, 0) is 9.84 Å². The lowest BCUT2D eigenvalue weighted by atomic mass is 9.93. The molecule has 1 aromatic carbocycles. The van der Waals surface area contributed by atoms with Gasteiger partial charge >= 0.3 is 0 Å². The smallest absolute Gasteiger partial charge is 0.150 e. The molecule has 3 rings (SSSR count). The largest absolute Gasteiger partial charge is 0.324 e. The Balaban J connectivity index is 1.95. The van der Waals surface area contributed by atoms with Gasteiger partial charge in [0.05, 0.1) is 11.5 Å². The first-order valence-corrected chi connectivity index (χ1v) is 8.69. The van der Waals surface area contributed by atoms with Gasteiger partial charge in [-0.05, 0) is 34.7 Å². The Labute approximate surface area is 111 Å². The predicted octanol–water partition coefficient (Wildman–Crippen LogP) is 2.34. The third-order valence-corrected chi connectivity index (χ3v) is 6.42. The van der Waals surface area contributed by atoms with Crippen molar-refractivity contribution in [3.63, 3.8) is 0 Å². The third-order valence-electron chi connectivity index (χ3n) is 3.65. The average Bonchev–Trinajstić information content (AvgIpc) is 2.91. The number of sulfone groups is 1. The molecular formula is C13H15NO2S2. The summed E-state index contributed by atoms with van der Waals surface area (Å²) in [6.45, 7) is 0. The van der Waals surface area contributed by atoms with Gasteiger partial charge < -0.3 is 5.73 Å². The molecule has 1 aromatic heterocycles. The molecule has 2 N–H and O–H groups in total. The number of hydrogen-bond donors (Lipinski definition) is 1. The summed E-state index contributed by atoms with van der Waals surface area (Å²) >= 11 is 1.67. The van der Waals surface area contributed by atoms with Crippen molar-refractivity contribution < 1.29 is 8.42 Å². The Morgan fingerprint density at radius 1 is 1.33 bits per heavy atom. The molecule has 18 heavy (non-hydrogen) atoms. The molecule has 2 unspecified atom stereocenters. The maximum absolute atomic E-state index is 11.5. The highest BCUT2D eigenvalue weighted by molar-refractivity contribution is 7.91. The molecule has 2 heterocycles. The van der Waals surface area contributed by atoms with Crippen LogP contribution in [0.1, 0.15) is 18.0 Å². The van der Waals surface area contributed by atoms with Crippen LogP contribution >= 0.6 is 11.3 Å². The van der Waals surface area contributed by atoms with Crippen molar-refractivity contribution in [3.8, 4) is 0 Å². The molecule has 0 amide bonds. The first-order valence-electron chi connectivity index (χ1n) is 5.99. The van der Waals surface area contributed by atoms with E-state index in [1.807, 2.05) is 12.1 Å². The summed E-state index contributed by atoms with van der Waals surface area (Å²) in [6.07, 6.45) is 0.688. The molecule has 0 saturated carbocycles. The highest BCUT2D eigenvalue weighted by Gasteiger charge is 2.33. The normalized spacial score (nSPS) is 24.4. The topological polar surface area (TPSA) is 60.2 Å². The monoisotopic (exact) mass is 281 g/mol. The molecule has 0 bridgehead atoms. The van der Waals surface area contributed by atoms with Crippen molar-refractivity contribution in [2.75, 3.05) is 11.5 Å². The van der Waals surface area contributed by atoms with Crippen LogP contribution in [0.25, 0.3) is 10.1 Å². The quantitative estimate of drug-likeness (QED) is 0.919. The first kappa shape index (κ1) is 12.1. The molecule has 1 aliphatic heterocycles. The van der Waals surface area contributed by atoms with Gasteiger partial charge in [0.25, 0.3) is 0 Å². The van der Waals surface area contributed by atoms with E-state index >= 15 is 0 Å². The lowest BCUT2D eigenvalue weighted by Gasteiger charge is -2.17. The Morgan fingerprint density at radius 3 is 2.83 bits per heavy atom. The maximum Gasteiger partial charge on any atom is 0.150 e. The van der Waals surface area contributed by atoms with E-state index in [4.69, 9.17) is 5.73 Å². The Kier molecular flexibility index (Phi) is 2.92. The van der Waals surface area contributed by atoms with Gasteiger partial charge in [0.2, 0.25) is 0 Å². The Morgan fingerprint density at radius 2 is 2.11 bits per heavy atom. The molecule has 2 aromatic rings. The van der Waals surface area contributed by atoms with Gasteiger partial charge in [-0.2, -0.15) is 0 Å². The molecular weight excluding hydrogens is 266 g/mol. The van der Waals surface area contributed by atoms with Gasteiger partial charge in [0.1, 0.15) is 0 Å². The van der Waals surface area contributed by atoms with Crippen LogP contribution < -0.4 is 5.73 Å². The second-order valence-corrected chi connectivity index (χ2v) is 8.02. The molecule has 1 fully saturated rings. The number of fused-ring (bicyclic) bond motifs is 1. The second kappa shape index (κ2) is 4.33. The molecule has 96 valence electrons. The minimum Gasteiger partial charge on any atom is -0.324 e. The zero-order valence-electron chi connectivity index (χ0n) is 9.87. The van der Waals surface area contributed by atoms with E-state index in [9.17, 15) is 8.42 Å². The van der Waals surface area contributed by atoms with Gasteiger partial charge in [-0.3, -0.25) is 0 Å². The van der Waals surface area contributed by atoms with Crippen molar-refractivity contribution in [3.05, 3.63) is 35.2 Å². The van der Waals surface area contributed by atoms with E-state index in [1.165, 1.54) is 10.1 Å². The van der Waals surface area contributed by atoms with Crippen LogP contribution in [0.5, 0.6) is 0 Å². The second-order valence-electron chi connectivity index (χ2n) is 4.88. The van der Waals surface area contributed by atoms with Gasteiger partial charge in [-0.25, -0.2) is 8.42 Å². The minimum atomic E-state index is -2.86. The maximum atomic E-state index is 11.5. The number of nitrogens with two attached hydrogens (primary N) is 1.